The molecule has 2 heterocycles. The first-order chi connectivity index (χ1) is 12.4. The molecule has 1 atom stereocenters. The number of hydrogen-bond acceptors (Lipinski definition) is 7. The number of carboxylic acid groups (broad SMARTS) is 1. The lowest BCUT2D eigenvalue weighted by atomic mass is 10.2. The Kier molecular flexibility index (Phi) is 5.38. The summed E-state index contributed by atoms with van der Waals surface area (Å²) in [5, 5.41) is 11.9. The summed E-state index contributed by atoms with van der Waals surface area (Å²) in [5.41, 5.74) is 0.736. The molecule has 1 N–H and O–H groups in total. The third kappa shape index (κ3) is 4.12. The van der Waals surface area contributed by atoms with Crippen LogP contribution in [-0.2, 0) is 9.59 Å². The van der Waals surface area contributed by atoms with Gasteiger partial charge >= 0.3 is 5.97 Å². The number of likely N-dealkylation sites (N-methyl/N-ethyl adjacent to an activating group) is 1. The molecule has 2 aromatic rings. The fourth-order valence-electron chi connectivity index (χ4n) is 2.09. The van der Waals surface area contributed by atoms with Crippen molar-refractivity contribution >= 4 is 51.4 Å². The largest absolute Gasteiger partial charge is 0.479 e. The Morgan fingerprint density at radius 1 is 1.46 bits per heavy atom. The summed E-state index contributed by atoms with van der Waals surface area (Å²) in [7, 11) is 1.66. The van der Waals surface area contributed by atoms with Crippen molar-refractivity contribution in [3.63, 3.8) is 0 Å². The normalized spacial score (nSPS) is 18.5. The first-order valence-electron chi connectivity index (χ1n) is 7.59. The standard InChI is InChI=1S/C17H15N3O4S2/c1-10(15(22)23)24-12-5-3-4-11(8-12)9-13-14(21)20(2)17(26-13)19-16-18-6-7-25-16/h3-10H,1-2H3,(H,22,23)/b13-9+,19-17+. The fraction of sp³-hybridized carbons (Fsp3) is 0.176. The Balaban J connectivity index is 1.81. The number of aliphatic carboxylic acids is 1. The Labute approximate surface area is 158 Å². The third-order valence-corrected chi connectivity index (χ3v) is 5.16. The second-order valence-electron chi connectivity index (χ2n) is 5.35. The smallest absolute Gasteiger partial charge is 0.344 e. The van der Waals surface area contributed by atoms with Gasteiger partial charge in [-0.25, -0.2) is 9.78 Å². The number of rotatable bonds is 5. The van der Waals surface area contributed by atoms with Gasteiger partial charge in [0.15, 0.2) is 11.3 Å². The van der Waals surface area contributed by atoms with E-state index in [9.17, 15) is 9.59 Å². The van der Waals surface area contributed by atoms with Crippen LogP contribution in [0, 0.1) is 0 Å². The van der Waals surface area contributed by atoms with Crippen molar-refractivity contribution in [2.45, 2.75) is 13.0 Å². The second-order valence-corrected chi connectivity index (χ2v) is 7.24. The molecule has 1 fully saturated rings. The molecule has 1 saturated heterocycles. The maximum Gasteiger partial charge on any atom is 0.344 e. The lowest BCUT2D eigenvalue weighted by molar-refractivity contribution is -0.144. The molecule has 1 aliphatic rings. The van der Waals surface area contributed by atoms with Crippen molar-refractivity contribution in [3.8, 4) is 5.75 Å². The molecule has 134 valence electrons. The zero-order chi connectivity index (χ0) is 18.7. The minimum Gasteiger partial charge on any atom is -0.479 e. The number of thiazole rings is 1. The van der Waals surface area contributed by atoms with E-state index in [1.54, 1.807) is 37.5 Å². The number of aliphatic imine (C=N–C) groups is 1. The highest BCUT2D eigenvalue weighted by Crippen LogP contribution is 2.33. The molecule has 0 radical (unpaired) electrons. The number of ether oxygens (including phenoxy) is 1. The van der Waals surface area contributed by atoms with Crippen LogP contribution in [0.3, 0.4) is 0 Å². The number of amidine groups is 1. The van der Waals surface area contributed by atoms with E-state index in [2.05, 4.69) is 9.98 Å². The van der Waals surface area contributed by atoms with Crippen molar-refractivity contribution in [2.24, 2.45) is 4.99 Å². The van der Waals surface area contributed by atoms with Gasteiger partial charge in [-0.3, -0.25) is 9.69 Å². The molecule has 26 heavy (non-hydrogen) atoms. The zero-order valence-corrected chi connectivity index (χ0v) is 15.6. The number of carboxylic acids is 1. The predicted molar refractivity (Wildman–Crippen MR) is 102 cm³/mol. The maximum atomic E-state index is 12.4. The molecular weight excluding hydrogens is 374 g/mol. The van der Waals surface area contributed by atoms with E-state index in [4.69, 9.17) is 9.84 Å². The summed E-state index contributed by atoms with van der Waals surface area (Å²) in [4.78, 5) is 33.8. The predicted octanol–water partition coefficient (Wildman–Crippen LogP) is 3.23. The van der Waals surface area contributed by atoms with E-state index in [1.165, 1.54) is 34.9 Å². The van der Waals surface area contributed by atoms with E-state index in [0.717, 1.165) is 5.56 Å². The Bertz CT molecular complexity index is 893. The average Bonchev–Trinajstić information content (AvgIpc) is 3.20. The second kappa shape index (κ2) is 7.71. The van der Waals surface area contributed by atoms with Crippen LogP contribution >= 0.6 is 23.1 Å². The highest BCUT2D eigenvalue weighted by Gasteiger charge is 2.30. The Morgan fingerprint density at radius 2 is 2.27 bits per heavy atom. The van der Waals surface area contributed by atoms with Gasteiger partial charge in [-0.1, -0.05) is 12.1 Å². The summed E-state index contributed by atoms with van der Waals surface area (Å²) >= 11 is 2.66. The van der Waals surface area contributed by atoms with Crippen molar-refractivity contribution in [1.29, 1.82) is 0 Å². The SMILES string of the molecule is CC(Oc1cccc(/C=C2/S/C(=N/c3nccs3)N(C)C2=O)c1)C(=O)O. The monoisotopic (exact) mass is 389 g/mol. The van der Waals surface area contributed by atoms with Crippen molar-refractivity contribution < 1.29 is 19.4 Å². The fourth-order valence-corrected chi connectivity index (χ4v) is 3.62. The van der Waals surface area contributed by atoms with Gasteiger partial charge in [0.05, 0.1) is 4.91 Å². The Hall–Kier alpha value is -2.65. The molecule has 1 amide bonds. The molecule has 1 aromatic heterocycles. The molecule has 0 bridgehead atoms. The first-order valence-corrected chi connectivity index (χ1v) is 9.29. The average molecular weight is 389 g/mol. The summed E-state index contributed by atoms with van der Waals surface area (Å²) < 4.78 is 5.36. The lowest BCUT2D eigenvalue weighted by Gasteiger charge is -2.10. The molecule has 1 aliphatic heterocycles. The van der Waals surface area contributed by atoms with Gasteiger partial charge in [-0.15, -0.1) is 11.3 Å². The summed E-state index contributed by atoms with van der Waals surface area (Å²) in [6, 6.07) is 6.92. The number of carbonyl (C=O) groups excluding carboxylic acids is 1. The molecule has 0 aliphatic carbocycles. The summed E-state index contributed by atoms with van der Waals surface area (Å²) in [5.74, 6) is -0.773. The number of thioether (sulfide) groups is 1. The van der Waals surface area contributed by atoms with Gasteiger partial charge in [-0.2, -0.15) is 4.99 Å². The molecular formula is C17H15N3O4S2. The number of hydrogen-bond donors (Lipinski definition) is 1. The van der Waals surface area contributed by atoms with Crippen LogP contribution in [-0.4, -0.2) is 45.2 Å². The first kappa shape index (κ1) is 18.2. The molecule has 1 unspecified atom stereocenters. The van der Waals surface area contributed by atoms with E-state index in [-0.39, 0.29) is 5.91 Å². The van der Waals surface area contributed by atoms with Crippen LogP contribution in [0.15, 0.2) is 45.7 Å². The van der Waals surface area contributed by atoms with Crippen LogP contribution in [0.25, 0.3) is 6.08 Å². The van der Waals surface area contributed by atoms with E-state index in [1.807, 2.05) is 11.4 Å². The van der Waals surface area contributed by atoms with Crippen molar-refractivity contribution in [1.82, 2.24) is 9.88 Å². The van der Waals surface area contributed by atoms with Gasteiger partial charge in [0.25, 0.3) is 5.91 Å². The quantitative estimate of drug-likeness (QED) is 0.790. The van der Waals surface area contributed by atoms with E-state index >= 15 is 0 Å². The number of nitrogens with zero attached hydrogens (tertiary/aromatic N) is 3. The van der Waals surface area contributed by atoms with Crippen LogP contribution in [0.2, 0.25) is 0 Å². The summed E-state index contributed by atoms with van der Waals surface area (Å²) in [6.07, 6.45) is 2.43. The van der Waals surface area contributed by atoms with Gasteiger partial charge in [0, 0.05) is 18.6 Å². The number of benzene rings is 1. The minimum atomic E-state index is -1.04. The van der Waals surface area contributed by atoms with Crippen LogP contribution in [0.4, 0.5) is 5.13 Å². The number of aromatic nitrogens is 1. The van der Waals surface area contributed by atoms with Gasteiger partial charge in [0.1, 0.15) is 5.75 Å². The number of amides is 1. The van der Waals surface area contributed by atoms with Crippen LogP contribution < -0.4 is 4.74 Å². The van der Waals surface area contributed by atoms with E-state index < -0.39 is 12.1 Å². The zero-order valence-electron chi connectivity index (χ0n) is 13.9. The lowest BCUT2D eigenvalue weighted by Crippen LogP contribution is -2.23. The molecule has 3 rings (SSSR count). The van der Waals surface area contributed by atoms with E-state index in [0.29, 0.717) is 21.0 Å². The van der Waals surface area contributed by atoms with Gasteiger partial charge in [0.2, 0.25) is 5.13 Å². The molecule has 1 aromatic carbocycles. The minimum absolute atomic E-state index is 0.157. The number of carbonyl (C=O) groups is 2. The molecule has 0 spiro atoms. The van der Waals surface area contributed by atoms with Crippen molar-refractivity contribution in [2.75, 3.05) is 7.05 Å². The maximum absolute atomic E-state index is 12.4. The van der Waals surface area contributed by atoms with Crippen molar-refractivity contribution in [3.05, 3.63) is 46.3 Å². The van der Waals surface area contributed by atoms with Crippen LogP contribution in [0.1, 0.15) is 12.5 Å². The summed E-state index contributed by atoms with van der Waals surface area (Å²) in [6.45, 7) is 1.46. The topological polar surface area (TPSA) is 92.1 Å². The molecule has 9 heteroatoms. The van der Waals surface area contributed by atoms with Gasteiger partial charge in [-0.05, 0) is 42.5 Å². The van der Waals surface area contributed by atoms with Crippen LogP contribution in [0.5, 0.6) is 5.75 Å². The highest BCUT2D eigenvalue weighted by atomic mass is 32.2. The van der Waals surface area contributed by atoms with Gasteiger partial charge < -0.3 is 9.84 Å². The highest BCUT2D eigenvalue weighted by molar-refractivity contribution is 8.18. The Morgan fingerprint density at radius 3 is 2.96 bits per heavy atom. The molecule has 7 nitrogen and oxygen atoms in total. The third-order valence-electron chi connectivity index (χ3n) is 3.43. The molecule has 0 saturated carbocycles.